The minimum absolute atomic E-state index is 0.0603. The van der Waals surface area contributed by atoms with Gasteiger partial charge in [0.25, 0.3) is 5.92 Å². The molecule has 1 aromatic heterocycles. The topological polar surface area (TPSA) is 84.9 Å². The second kappa shape index (κ2) is 13.6. The first-order valence-corrected chi connectivity index (χ1v) is 16.6. The van der Waals surface area contributed by atoms with E-state index in [2.05, 4.69) is 9.97 Å². The number of rotatable bonds is 7. The average molecular weight is 749 g/mol. The van der Waals surface area contributed by atoms with Crippen molar-refractivity contribution in [1.82, 2.24) is 14.9 Å². The zero-order chi connectivity index (χ0) is 37.0. The normalized spacial score (nSPS) is 26.6. The highest BCUT2D eigenvalue weighted by atomic mass is 35.5. The van der Waals surface area contributed by atoms with E-state index in [4.69, 9.17) is 21.1 Å². The number of cyclic esters (lactones) is 1. The van der Waals surface area contributed by atoms with Gasteiger partial charge in [0.2, 0.25) is 5.95 Å². The van der Waals surface area contributed by atoms with Crippen LogP contribution in [0.15, 0.2) is 47.7 Å². The summed E-state index contributed by atoms with van der Waals surface area (Å²) in [5.41, 5.74) is -1.03. The van der Waals surface area contributed by atoms with Crippen LogP contribution in [0.2, 0.25) is 5.02 Å². The Morgan fingerprint density at radius 2 is 1.75 bits per heavy atom. The molecule has 276 valence electrons. The van der Waals surface area contributed by atoms with Crippen LogP contribution < -0.4 is 4.90 Å². The molecule has 51 heavy (non-hydrogen) atoms. The lowest BCUT2D eigenvalue weighted by molar-refractivity contribution is -0.146. The van der Waals surface area contributed by atoms with Crippen molar-refractivity contribution in [2.24, 2.45) is 11.8 Å². The Hall–Kier alpha value is -3.95. The number of halogens is 9. The fourth-order valence-electron chi connectivity index (χ4n) is 7.25. The molecular weight excluding hydrogens is 716 g/mol. The monoisotopic (exact) mass is 748 g/mol. The third-order valence-corrected chi connectivity index (χ3v) is 10.4. The van der Waals surface area contributed by atoms with Crippen LogP contribution in [0.25, 0.3) is 11.1 Å². The number of anilines is 1. The molecule has 1 saturated carbocycles. The lowest BCUT2D eigenvalue weighted by Gasteiger charge is -2.38. The molecule has 4 aliphatic rings. The van der Waals surface area contributed by atoms with Gasteiger partial charge in [0.15, 0.2) is 0 Å². The highest BCUT2D eigenvalue weighted by Crippen LogP contribution is 2.44. The van der Waals surface area contributed by atoms with Gasteiger partial charge in [0.1, 0.15) is 6.10 Å². The first kappa shape index (κ1) is 36.8. The van der Waals surface area contributed by atoms with Crippen LogP contribution in [-0.2, 0) is 20.8 Å². The van der Waals surface area contributed by atoms with Crippen LogP contribution in [0.1, 0.15) is 56.2 Å². The van der Waals surface area contributed by atoms with Gasteiger partial charge in [-0.15, -0.1) is 0 Å². The number of nitrogens with zero attached hydrogens (tertiary/aromatic N) is 4. The number of allylic oxidation sites excluding steroid dienone is 3. The molecule has 2 aromatic rings. The largest absolute Gasteiger partial charge is 0.469 e. The maximum atomic E-state index is 13.8. The molecule has 0 bridgehead atoms. The molecule has 3 atom stereocenters. The van der Waals surface area contributed by atoms with E-state index in [0.717, 1.165) is 10.5 Å². The van der Waals surface area contributed by atoms with Gasteiger partial charge in [0.05, 0.1) is 50.0 Å². The Morgan fingerprint density at radius 1 is 1.06 bits per heavy atom. The number of esters is 1. The lowest BCUT2D eigenvalue weighted by Crippen LogP contribution is -2.57. The number of methoxy groups -OCH3 is 1. The Bertz CT molecular complexity index is 1750. The van der Waals surface area contributed by atoms with E-state index in [0.29, 0.717) is 42.9 Å². The first-order valence-electron chi connectivity index (χ1n) is 16.2. The summed E-state index contributed by atoms with van der Waals surface area (Å²) in [6.07, 6.45) is -8.60. The summed E-state index contributed by atoms with van der Waals surface area (Å²) in [7, 11) is 1.35. The maximum Gasteiger partial charge on any atom is 0.416 e. The molecule has 1 aromatic carbocycles. The van der Waals surface area contributed by atoms with Crippen molar-refractivity contribution in [1.29, 1.82) is 0 Å². The Balaban J connectivity index is 1.31. The minimum Gasteiger partial charge on any atom is -0.469 e. The van der Waals surface area contributed by atoms with Crippen LogP contribution in [0.4, 0.5) is 45.9 Å². The van der Waals surface area contributed by atoms with E-state index in [9.17, 15) is 44.7 Å². The number of aromatic nitrogens is 2. The summed E-state index contributed by atoms with van der Waals surface area (Å²) in [6.45, 7) is -0.199. The molecule has 0 radical (unpaired) electrons. The van der Waals surface area contributed by atoms with Gasteiger partial charge in [0, 0.05) is 33.8 Å². The molecule has 0 N–H and O–H groups in total. The Kier molecular flexibility index (Phi) is 9.78. The van der Waals surface area contributed by atoms with Gasteiger partial charge in [-0.3, -0.25) is 9.69 Å². The van der Waals surface area contributed by atoms with Gasteiger partial charge in [-0.1, -0.05) is 23.7 Å². The third-order valence-electron chi connectivity index (χ3n) is 10.0. The highest BCUT2D eigenvalue weighted by Gasteiger charge is 2.49. The minimum atomic E-state index is -5.07. The summed E-state index contributed by atoms with van der Waals surface area (Å²) >= 11 is 6.68. The van der Waals surface area contributed by atoms with E-state index in [1.807, 2.05) is 12.1 Å². The van der Waals surface area contributed by atoms with Gasteiger partial charge in [-0.05, 0) is 68.7 Å². The van der Waals surface area contributed by atoms with Crippen molar-refractivity contribution in [2.45, 2.75) is 81.9 Å². The van der Waals surface area contributed by atoms with E-state index in [1.165, 1.54) is 25.1 Å². The molecule has 2 saturated heterocycles. The van der Waals surface area contributed by atoms with E-state index >= 15 is 0 Å². The van der Waals surface area contributed by atoms with Crippen molar-refractivity contribution in [2.75, 3.05) is 25.1 Å². The fourth-order valence-corrected chi connectivity index (χ4v) is 7.47. The van der Waals surface area contributed by atoms with Crippen molar-refractivity contribution in [3.63, 3.8) is 0 Å². The third kappa shape index (κ3) is 7.65. The van der Waals surface area contributed by atoms with Crippen LogP contribution in [0, 0.1) is 11.8 Å². The molecule has 3 fully saturated rings. The molecule has 2 aliphatic carbocycles. The van der Waals surface area contributed by atoms with Gasteiger partial charge < -0.3 is 14.4 Å². The number of carbonyl (C=O) groups excluding carboxylic acids is 2. The smallest absolute Gasteiger partial charge is 0.416 e. The molecule has 1 unspecified atom stereocenters. The van der Waals surface area contributed by atoms with E-state index < -0.39 is 73.1 Å². The summed E-state index contributed by atoms with van der Waals surface area (Å²) in [5, 5.41) is 0.281. The summed E-state index contributed by atoms with van der Waals surface area (Å²) in [4.78, 5) is 36.5. The standard InChI is InChI=1S/C34H33ClF8N4O4/c1-17-28(21-9-22(33(38,39)40)12-23(10-21)34(41,42)43)51-31(49)47(17)14-27-25(13-44-30(45-27)46-15-32(36,37)16-46)24-11-20(7-8-26(24)35)18-3-5-19(6-4-18)29(48)50-2/h7-9,11-13,17-19,21,28H,3-6,10,14-16H2,1-2H3/t17-,18?,19?,21?,28-/m0/s1. The number of alkyl halides is 8. The second-order valence-corrected chi connectivity index (χ2v) is 13.8. The number of hydrogen-bond acceptors (Lipinski definition) is 7. The number of ether oxygens (including phenoxy) is 2. The van der Waals surface area contributed by atoms with Crippen molar-refractivity contribution in [3.05, 3.63) is 64.0 Å². The Labute approximate surface area is 292 Å². The van der Waals surface area contributed by atoms with E-state index in [1.54, 1.807) is 6.07 Å². The fraction of sp³-hybridized carbons (Fsp3) is 0.529. The van der Waals surface area contributed by atoms with Crippen molar-refractivity contribution in [3.8, 4) is 11.1 Å². The zero-order valence-corrected chi connectivity index (χ0v) is 28.1. The zero-order valence-electron chi connectivity index (χ0n) is 27.3. The quantitative estimate of drug-likeness (QED) is 0.208. The van der Waals surface area contributed by atoms with Crippen molar-refractivity contribution < 1.29 is 54.2 Å². The maximum absolute atomic E-state index is 13.8. The molecule has 6 rings (SSSR count). The summed E-state index contributed by atoms with van der Waals surface area (Å²) in [6, 6.07) is 4.34. The molecule has 17 heteroatoms. The second-order valence-electron chi connectivity index (χ2n) is 13.4. The molecule has 1 amide bonds. The van der Waals surface area contributed by atoms with Crippen molar-refractivity contribution >= 4 is 29.6 Å². The number of hydrogen-bond donors (Lipinski definition) is 0. The molecule has 0 spiro atoms. The van der Waals surface area contributed by atoms with E-state index in [-0.39, 0.29) is 47.1 Å². The predicted molar refractivity (Wildman–Crippen MR) is 168 cm³/mol. The summed E-state index contributed by atoms with van der Waals surface area (Å²) in [5.74, 6) is -4.86. The van der Waals surface area contributed by atoms with Crippen LogP contribution in [-0.4, -0.2) is 77.6 Å². The number of amides is 1. The first-order chi connectivity index (χ1) is 23.8. The van der Waals surface area contributed by atoms with Crippen LogP contribution in [0.5, 0.6) is 0 Å². The lowest BCUT2D eigenvalue weighted by atomic mass is 9.78. The predicted octanol–water partition coefficient (Wildman–Crippen LogP) is 8.41. The molecule has 3 heterocycles. The van der Waals surface area contributed by atoms with Gasteiger partial charge in [-0.2, -0.15) is 26.3 Å². The van der Waals surface area contributed by atoms with Gasteiger partial charge >= 0.3 is 24.4 Å². The molecule has 8 nitrogen and oxygen atoms in total. The van der Waals surface area contributed by atoms with Crippen LogP contribution >= 0.6 is 11.6 Å². The number of carbonyl (C=O) groups is 2. The number of benzene rings is 1. The average Bonchev–Trinajstić information content (AvgIpc) is 3.34. The van der Waals surface area contributed by atoms with Gasteiger partial charge in [-0.25, -0.2) is 23.5 Å². The molecule has 2 aliphatic heterocycles. The van der Waals surface area contributed by atoms with Crippen LogP contribution in [0.3, 0.4) is 0 Å². The molecular formula is C34H33ClF8N4O4. The SMILES string of the molecule is COC(=O)C1CCC(c2ccc(Cl)c(-c3cnc(N4CC(F)(F)C4)nc3CN3C(=O)O[C@H](C4C=C(C(F)(F)F)C=C(C(F)(F)F)C4)[C@@H]3C)c2)CC1. The Morgan fingerprint density at radius 3 is 2.35 bits per heavy atom. The highest BCUT2D eigenvalue weighted by molar-refractivity contribution is 6.33. The summed E-state index contributed by atoms with van der Waals surface area (Å²) < 4.78 is 120.